The van der Waals surface area contributed by atoms with Gasteiger partial charge in [-0.2, -0.15) is 0 Å². The van der Waals surface area contributed by atoms with E-state index in [1.54, 1.807) is 18.3 Å². The van der Waals surface area contributed by atoms with Crippen molar-refractivity contribution in [3.05, 3.63) is 65.5 Å². The topological polar surface area (TPSA) is 45.8 Å². The number of pyridine rings is 1. The highest BCUT2D eigenvalue weighted by Gasteiger charge is 2.16. The minimum Gasteiger partial charge on any atom is -0.345 e. The molecule has 0 atom stereocenters. The molecule has 0 saturated heterocycles. The number of halogens is 2. The highest BCUT2D eigenvalue weighted by atomic mass is 19.2. The zero-order valence-corrected chi connectivity index (χ0v) is 9.65. The molecule has 2 aromatic heterocycles. The van der Waals surface area contributed by atoms with Gasteiger partial charge in [-0.25, -0.2) is 13.8 Å². The summed E-state index contributed by atoms with van der Waals surface area (Å²) < 4.78 is 26.0. The van der Waals surface area contributed by atoms with Crippen molar-refractivity contribution in [1.82, 2.24) is 9.97 Å². The first-order valence-corrected chi connectivity index (χ1v) is 5.58. The van der Waals surface area contributed by atoms with Crippen molar-refractivity contribution in [1.29, 1.82) is 0 Å². The average molecular weight is 258 g/mol. The number of hydrogen-bond donors (Lipinski definition) is 1. The van der Waals surface area contributed by atoms with Crippen molar-refractivity contribution in [3.63, 3.8) is 0 Å². The van der Waals surface area contributed by atoms with Gasteiger partial charge in [-0.15, -0.1) is 0 Å². The number of benzene rings is 1. The number of hydrogen-bond acceptors (Lipinski definition) is 2. The Bertz CT molecular complexity index is 780. The molecule has 0 aliphatic rings. The first-order valence-electron chi connectivity index (χ1n) is 5.58. The lowest BCUT2D eigenvalue weighted by Gasteiger charge is -2.00. The molecule has 0 radical (unpaired) electrons. The van der Waals surface area contributed by atoms with Crippen LogP contribution in [0, 0.1) is 11.6 Å². The Kier molecular flexibility index (Phi) is 2.59. The third-order valence-electron chi connectivity index (χ3n) is 2.88. The van der Waals surface area contributed by atoms with Gasteiger partial charge in [0, 0.05) is 28.9 Å². The molecule has 0 amide bonds. The predicted molar refractivity (Wildman–Crippen MR) is 65.9 cm³/mol. The molecule has 0 bridgehead atoms. The third-order valence-corrected chi connectivity index (χ3v) is 2.88. The van der Waals surface area contributed by atoms with E-state index >= 15 is 0 Å². The zero-order chi connectivity index (χ0) is 13.4. The summed E-state index contributed by atoms with van der Waals surface area (Å²) in [6.07, 6.45) is 3.12. The molecule has 19 heavy (non-hydrogen) atoms. The van der Waals surface area contributed by atoms with Gasteiger partial charge in [0.1, 0.15) is 5.65 Å². The van der Waals surface area contributed by atoms with E-state index in [1.165, 1.54) is 12.3 Å². The number of nitrogens with zero attached hydrogens (tertiary/aromatic N) is 1. The number of H-pyrrole nitrogens is 1. The van der Waals surface area contributed by atoms with E-state index in [0.717, 1.165) is 12.1 Å². The number of fused-ring (bicyclic) bond motifs is 1. The fourth-order valence-corrected chi connectivity index (χ4v) is 1.94. The molecule has 2 heterocycles. The summed E-state index contributed by atoms with van der Waals surface area (Å²) >= 11 is 0. The number of aromatic nitrogens is 2. The Morgan fingerprint density at radius 2 is 2.00 bits per heavy atom. The van der Waals surface area contributed by atoms with Crippen LogP contribution in [0.25, 0.3) is 11.0 Å². The van der Waals surface area contributed by atoms with Crippen LogP contribution in [0.3, 0.4) is 0 Å². The quantitative estimate of drug-likeness (QED) is 0.718. The number of rotatable bonds is 2. The van der Waals surface area contributed by atoms with Crippen LogP contribution in [0.15, 0.2) is 42.7 Å². The van der Waals surface area contributed by atoms with Gasteiger partial charge in [-0.05, 0) is 30.3 Å². The second-order valence-corrected chi connectivity index (χ2v) is 4.06. The molecule has 1 aromatic carbocycles. The van der Waals surface area contributed by atoms with Crippen LogP contribution in [0.1, 0.15) is 15.9 Å². The number of aromatic amines is 1. The predicted octanol–water partition coefficient (Wildman–Crippen LogP) is 3.07. The molecule has 0 fully saturated rings. The maximum Gasteiger partial charge on any atom is 0.195 e. The molecule has 1 N–H and O–H groups in total. The zero-order valence-electron chi connectivity index (χ0n) is 9.65. The first-order chi connectivity index (χ1) is 9.16. The standard InChI is InChI=1S/C14H8F2N2O/c15-11-4-3-8(6-12(11)16)13(19)10-7-18-14-9(10)2-1-5-17-14/h1-7H,(H,17,18). The van der Waals surface area contributed by atoms with Crippen LogP contribution in [0.4, 0.5) is 8.78 Å². The lowest BCUT2D eigenvalue weighted by atomic mass is 10.0. The second-order valence-electron chi connectivity index (χ2n) is 4.06. The van der Waals surface area contributed by atoms with Gasteiger partial charge in [-0.1, -0.05) is 0 Å². The Hall–Kier alpha value is -2.56. The van der Waals surface area contributed by atoms with Gasteiger partial charge >= 0.3 is 0 Å². The molecule has 3 rings (SSSR count). The van der Waals surface area contributed by atoms with Gasteiger partial charge < -0.3 is 4.98 Å². The molecule has 3 nitrogen and oxygen atoms in total. The average Bonchev–Trinajstić information content (AvgIpc) is 2.85. The van der Waals surface area contributed by atoms with Crippen molar-refractivity contribution >= 4 is 16.8 Å². The van der Waals surface area contributed by atoms with Crippen molar-refractivity contribution in [2.75, 3.05) is 0 Å². The van der Waals surface area contributed by atoms with E-state index in [4.69, 9.17) is 0 Å². The van der Waals surface area contributed by atoms with Crippen LogP contribution in [-0.2, 0) is 0 Å². The maximum absolute atomic E-state index is 13.1. The van der Waals surface area contributed by atoms with Gasteiger partial charge in [0.05, 0.1) is 0 Å². The van der Waals surface area contributed by atoms with E-state index in [2.05, 4.69) is 9.97 Å². The fourth-order valence-electron chi connectivity index (χ4n) is 1.94. The van der Waals surface area contributed by atoms with Crippen LogP contribution >= 0.6 is 0 Å². The van der Waals surface area contributed by atoms with Crippen LogP contribution in [0.5, 0.6) is 0 Å². The smallest absolute Gasteiger partial charge is 0.195 e. The van der Waals surface area contributed by atoms with Gasteiger partial charge in [-0.3, -0.25) is 4.79 Å². The minimum atomic E-state index is -1.04. The molecule has 0 saturated carbocycles. The summed E-state index contributed by atoms with van der Waals surface area (Å²) in [6, 6.07) is 6.54. The van der Waals surface area contributed by atoms with Gasteiger partial charge in [0.2, 0.25) is 0 Å². The van der Waals surface area contributed by atoms with Crippen LogP contribution in [0.2, 0.25) is 0 Å². The number of nitrogens with one attached hydrogen (secondary N) is 1. The summed E-state index contributed by atoms with van der Waals surface area (Å²) in [4.78, 5) is 19.2. The lowest BCUT2D eigenvalue weighted by molar-refractivity contribution is 0.104. The molecule has 0 unspecified atom stereocenters. The van der Waals surface area contributed by atoms with Crippen molar-refractivity contribution in [2.45, 2.75) is 0 Å². The molecule has 0 aliphatic heterocycles. The monoisotopic (exact) mass is 258 g/mol. The summed E-state index contributed by atoms with van der Waals surface area (Å²) in [5.41, 5.74) is 1.06. The molecular formula is C14H8F2N2O. The normalized spacial score (nSPS) is 10.8. The second kappa shape index (κ2) is 4.28. The largest absolute Gasteiger partial charge is 0.345 e. The Labute approximate surface area is 106 Å². The molecule has 5 heteroatoms. The minimum absolute atomic E-state index is 0.101. The van der Waals surface area contributed by atoms with E-state index < -0.39 is 11.6 Å². The van der Waals surface area contributed by atoms with Crippen LogP contribution in [-0.4, -0.2) is 15.8 Å². The van der Waals surface area contributed by atoms with Crippen molar-refractivity contribution in [2.24, 2.45) is 0 Å². The molecule has 94 valence electrons. The lowest BCUT2D eigenvalue weighted by Crippen LogP contribution is -2.01. The number of carbonyl (C=O) groups is 1. The number of ketones is 1. The van der Waals surface area contributed by atoms with E-state index in [0.29, 0.717) is 16.6 Å². The Morgan fingerprint density at radius 3 is 2.79 bits per heavy atom. The van der Waals surface area contributed by atoms with E-state index in [-0.39, 0.29) is 11.3 Å². The van der Waals surface area contributed by atoms with Crippen molar-refractivity contribution < 1.29 is 13.6 Å². The first kappa shape index (κ1) is 11.5. The summed E-state index contributed by atoms with van der Waals surface area (Å²) in [6.45, 7) is 0. The highest BCUT2D eigenvalue weighted by Crippen LogP contribution is 2.20. The van der Waals surface area contributed by atoms with E-state index in [1.807, 2.05) is 0 Å². The van der Waals surface area contributed by atoms with Gasteiger partial charge in [0.15, 0.2) is 17.4 Å². The van der Waals surface area contributed by atoms with Crippen LogP contribution < -0.4 is 0 Å². The molecule has 0 spiro atoms. The SMILES string of the molecule is O=C(c1ccc(F)c(F)c1)c1c[nH]c2ncccc12. The highest BCUT2D eigenvalue weighted by molar-refractivity contribution is 6.15. The Balaban J connectivity index is 2.11. The summed E-state index contributed by atoms with van der Waals surface area (Å²) in [7, 11) is 0. The molecule has 0 aliphatic carbocycles. The van der Waals surface area contributed by atoms with Gasteiger partial charge in [0.25, 0.3) is 0 Å². The number of carbonyl (C=O) groups excluding carboxylic acids is 1. The third kappa shape index (κ3) is 1.89. The molecular weight excluding hydrogens is 250 g/mol. The summed E-state index contributed by atoms with van der Waals surface area (Å²) in [5.74, 6) is -2.39. The maximum atomic E-state index is 13.1. The fraction of sp³-hybridized carbons (Fsp3) is 0. The summed E-state index contributed by atoms with van der Waals surface area (Å²) in [5, 5.41) is 0.650. The van der Waals surface area contributed by atoms with E-state index in [9.17, 15) is 13.6 Å². The molecule has 3 aromatic rings. The Morgan fingerprint density at radius 1 is 1.16 bits per heavy atom. The van der Waals surface area contributed by atoms with Crippen molar-refractivity contribution in [3.8, 4) is 0 Å².